The Labute approximate surface area is 251 Å². The molecule has 2 bridgehead atoms. The Balaban J connectivity index is 1.44. The zero-order chi connectivity index (χ0) is 31.0. The average molecular weight is 589 g/mol. The van der Waals surface area contributed by atoms with Gasteiger partial charge in [0.1, 0.15) is 18.3 Å². The highest BCUT2D eigenvalue weighted by Gasteiger charge is 2.84. The molecule has 1 N–H and O–H groups in total. The van der Waals surface area contributed by atoms with Gasteiger partial charge in [0.15, 0.2) is 5.78 Å². The summed E-state index contributed by atoms with van der Waals surface area (Å²) in [6, 6.07) is 0. The number of aliphatic hydroxyl groups is 1. The monoisotopic (exact) mass is 588 g/mol. The molecule has 1 spiro atoms. The van der Waals surface area contributed by atoms with E-state index in [1.54, 1.807) is 6.08 Å². The zero-order valence-electron chi connectivity index (χ0n) is 25.7. The van der Waals surface area contributed by atoms with Crippen LogP contribution in [0.25, 0.3) is 0 Å². The minimum atomic E-state index is -1.22. The fourth-order valence-corrected chi connectivity index (χ4v) is 10.6. The van der Waals surface area contributed by atoms with Crippen LogP contribution < -0.4 is 0 Å². The van der Waals surface area contributed by atoms with Gasteiger partial charge in [0, 0.05) is 52.2 Å². The number of rotatable bonds is 2. The maximum atomic E-state index is 14.7. The first-order chi connectivity index (χ1) is 20.1. The third-order valence-electron chi connectivity index (χ3n) is 12.4. The predicted molar refractivity (Wildman–Crippen MR) is 155 cm³/mol. The summed E-state index contributed by atoms with van der Waals surface area (Å²) in [5.41, 5.74) is -0.796. The summed E-state index contributed by atoms with van der Waals surface area (Å²) in [5.74, 6) is -3.21. The summed E-state index contributed by atoms with van der Waals surface area (Å²) in [6.07, 6.45) is 6.57. The highest BCUT2D eigenvalue weighted by Crippen LogP contribution is 2.80. The maximum absolute atomic E-state index is 14.7. The molecule has 2 saturated heterocycles. The quantitative estimate of drug-likeness (QED) is 0.217. The molecule has 2 heterocycles. The first-order valence-corrected chi connectivity index (χ1v) is 15.4. The van der Waals surface area contributed by atoms with Crippen molar-refractivity contribution in [2.24, 2.45) is 39.9 Å². The fourth-order valence-electron chi connectivity index (χ4n) is 10.6. The molecule has 0 aromatic rings. The normalized spacial score (nSPS) is 47.3. The lowest BCUT2D eigenvalue weighted by molar-refractivity contribution is -0.159. The number of carbonyl (C=O) groups is 4. The largest absolute Gasteiger partial charge is 0.460 e. The molecule has 8 nitrogen and oxygen atoms in total. The summed E-state index contributed by atoms with van der Waals surface area (Å²) in [7, 11) is 0. The standard InChI is InChI=1S/C35H40O8/c1-16(2)12-23(37)41-22-14-18(4)24-21(36)13-17(3)25(24)28-26(22)35(31(39)43-28)15-34-11-10-32(35,6)29(34)27-20(8-9-33(34,7)40)19(5)30(38)42-27/h10-13,20,22,25-29,40H,5,8-9,14-15H2,1-4,6-7H3/t20-,22-,25-,26+,27-,28+,29-,32+,33+,34?,35?/m0/s1. The molecule has 0 aromatic carbocycles. The van der Waals surface area contributed by atoms with Gasteiger partial charge in [0.05, 0.1) is 16.9 Å². The number of hydrogen-bond acceptors (Lipinski definition) is 8. The van der Waals surface area contributed by atoms with Gasteiger partial charge < -0.3 is 19.3 Å². The van der Waals surface area contributed by atoms with Gasteiger partial charge in [-0.05, 0) is 60.0 Å². The second kappa shape index (κ2) is 8.68. The number of fused-ring (bicyclic) bond motifs is 6. The van der Waals surface area contributed by atoms with Crippen LogP contribution in [-0.2, 0) is 33.4 Å². The van der Waals surface area contributed by atoms with Crippen molar-refractivity contribution in [3.8, 4) is 0 Å². The Kier molecular flexibility index (Phi) is 5.75. The second-order valence-electron chi connectivity index (χ2n) is 14.8. The number of carbonyl (C=O) groups excluding carboxylic acids is 4. The molecule has 11 atom stereocenters. The number of esters is 3. The van der Waals surface area contributed by atoms with Crippen LogP contribution in [0, 0.1) is 39.9 Å². The van der Waals surface area contributed by atoms with Crippen molar-refractivity contribution in [1.29, 1.82) is 0 Å². The summed E-state index contributed by atoms with van der Waals surface area (Å²) >= 11 is 0. The average Bonchev–Trinajstić information content (AvgIpc) is 3.57. The Hall–Kier alpha value is -3.26. The van der Waals surface area contributed by atoms with E-state index >= 15 is 0 Å². The van der Waals surface area contributed by atoms with Gasteiger partial charge in [-0.1, -0.05) is 42.4 Å². The number of ether oxygens (including phenoxy) is 3. The summed E-state index contributed by atoms with van der Waals surface area (Å²) in [5, 5.41) is 12.3. The molecule has 4 fully saturated rings. The molecule has 0 amide bonds. The van der Waals surface area contributed by atoms with Crippen LogP contribution in [0.15, 0.2) is 58.7 Å². The molecule has 5 aliphatic carbocycles. The van der Waals surface area contributed by atoms with E-state index in [4.69, 9.17) is 14.2 Å². The molecule has 0 aromatic heterocycles. The van der Waals surface area contributed by atoms with Gasteiger partial charge in [-0.2, -0.15) is 0 Å². The van der Waals surface area contributed by atoms with Gasteiger partial charge in [-0.25, -0.2) is 9.59 Å². The van der Waals surface area contributed by atoms with Crippen molar-refractivity contribution in [1.82, 2.24) is 0 Å². The Morgan fingerprint density at radius 1 is 1.12 bits per heavy atom. The van der Waals surface area contributed by atoms with Crippen LogP contribution in [0.1, 0.15) is 67.2 Å². The number of allylic oxidation sites excluding steroid dienone is 3. The van der Waals surface area contributed by atoms with E-state index in [1.165, 1.54) is 6.08 Å². The minimum Gasteiger partial charge on any atom is -0.460 e. The van der Waals surface area contributed by atoms with Crippen molar-refractivity contribution in [3.05, 3.63) is 58.7 Å². The molecule has 43 heavy (non-hydrogen) atoms. The number of hydrogen-bond donors (Lipinski definition) is 1. The Morgan fingerprint density at radius 2 is 1.84 bits per heavy atom. The van der Waals surface area contributed by atoms with Gasteiger partial charge in [0.2, 0.25) is 0 Å². The molecular formula is C35H40O8. The predicted octanol–water partition coefficient (Wildman–Crippen LogP) is 4.48. The SMILES string of the molecule is C=C1C(=O)O[C@@H]2[C@@H]3C4(C=C[C@@]3(C)C3(C4)C(=O)O[C@@H]4[C@H]5C(C)=CC(=O)C5=C(C)C[C@H](OC(=O)C=C(C)C)[C@H]43)[C@](C)(O)CC[C@@H]12. The molecule has 0 radical (unpaired) electrons. The van der Waals surface area contributed by atoms with Crippen molar-refractivity contribution in [2.45, 2.75) is 91.1 Å². The van der Waals surface area contributed by atoms with E-state index in [2.05, 4.69) is 6.58 Å². The molecule has 7 aliphatic rings. The van der Waals surface area contributed by atoms with Crippen LogP contribution in [-0.4, -0.2) is 52.7 Å². The van der Waals surface area contributed by atoms with Crippen molar-refractivity contribution >= 4 is 23.7 Å². The molecule has 2 unspecified atom stereocenters. The molecule has 228 valence electrons. The maximum Gasteiger partial charge on any atom is 0.334 e. The fraction of sp³-hybridized carbons (Fsp3) is 0.600. The van der Waals surface area contributed by atoms with Crippen LogP contribution in [0.5, 0.6) is 0 Å². The van der Waals surface area contributed by atoms with E-state index in [9.17, 15) is 24.3 Å². The van der Waals surface area contributed by atoms with E-state index < -0.39 is 75.8 Å². The lowest BCUT2D eigenvalue weighted by Gasteiger charge is -2.46. The first-order valence-electron chi connectivity index (χ1n) is 15.4. The summed E-state index contributed by atoms with van der Waals surface area (Å²) < 4.78 is 18.7. The van der Waals surface area contributed by atoms with Crippen molar-refractivity contribution in [2.75, 3.05) is 0 Å². The van der Waals surface area contributed by atoms with Crippen molar-refractivity contribution in [3.63, 3.8) is 0 Å². The van der Waals surface area contributed by atoms with Crippen molar-refractivity contribution < 1.29 is 38.5 Å². The minimum absolute atomic E-state index is 0.100. The van der Waals surface area contributed by atoms with Crippen LogP contribution in [0.2, 0.25) is 0 Å². The van der Waals surface area contributed by atoms with E-state index in [-0.39, 0.29) is 24.5 Å². The highest BCUT2D eigenvalue weighted by molar-refractivity contribution is 6.09. The van der Waals surface area contributed by atoms with Crippen LogP contribution >= 0.6 is 0 Å². The second-order valence-corrected chi connectivity index (χ2v) is 14.8. The topological polar surface area (TPSA) is 116 Å². The molecule has 8 heteroatoms. The van der Waals surface area contributed by atoms with Gasteiger partial charge >= 0.3 is 17.9 Å². The van der Waals surface area contributed by atoms with Gasteiger partial charge in [-0.15, -0.1) is 0 Å². The molecule has 7 rings (SSSR count). The Morgan fingerprint density at radius 3 is 2.53 bits per heavy atom. The Bertz CT molecular complexity index is 1540. The highest BCUT2D eigenvalue weighted by atomic mass is 16.6. The first kappa shape index (κ1) is 28.5. The van der Waals surface area contributed by atoms with Gasteiger partial charge in [0.25, 0.3) is 0 Å². The van der Waals surface area contributed by atoms with E-state index in [0.717, 1.165) is 16.7 Å². The van der Waals surface area contributed by atoms with Gasteiger partial charge in [-0.3, -0.25) is 9.59 Å². The smallest absolute Gasteiger partial charge is 0.334 e. The zero-order valence-corrected chi connectivity index (χ0v) is 25.7. The van der Waals surface area contributed by atoms with E-state index in [1.807, 2.05) is 53.7 Å². The third kappa shape index (κ3) is 3.31. The lowest BCUT2D eigenvalue weighted by Crippen LogP contribution is -2.53. The number of ketones is 1. The molecule has 2 aliphatic heterocycles. The summed E-state index contributed by atoms with van der Waals surface area (Å²) in [6.45, 7) is 15.3. The third-order valence-corrected chi connectivity index (χ3v) is 12.4. The van der Waals surface area contributed by atoms with E-state index in [0.29, 0.717) is 24.0 Å². The molecular weight excluding hydrogens is 548 g/mol. The molecule has 2 saturated carbocycles. The summed E-state index contributed by atoms with van der Waals surface area (Å²) in [4.78, 5) is 54.0. The van der Waals surface area contributed by atoms with Crippen LogP contribution in [0.3, 0.4) is 0 Å². The lowest BCUT2D eigenvalue weighted by atomic mass is 9.54. The van der Waals surface area contributed by atoms with Crippen LogP contribution in [0.4, 0.5) is 0 Å².